The van der Waals surface area contributed by atoms with Crippen LogP contribution < -0.4 is 5.32 Å². The van der Waals surface area contributed by atoms with Gasteiger partial charge in [0.15, 0.2) is 5.82 Å². The Morgan fingerprint density at radius 1 is 1.34 bits per heavy atom. The number of morpholine rings is 1. The van der Waals surface area contributed by atoms with Crippen molar-refractivity contribution in [2.75, 3.05) is 25.0 Å². The van der Waals surface area contributed by atoms with E-state index >= 15 is 0 Å². The molecule has 4 aromatic rings. The lowest BCUT2D eigenvalue weighted by molar-refractivity contribution is -0.0125. The molecule has 1 fully saturated rings. The topological polar surface area (TPSA) is 93.1 Å². The van der Waals surface area contributed by atoms with Gasteiger partial charge in [0.05, 0.1) is 35.0 Å². The fraction of sp³-hybridized carbons (Fsp3) is 0.318. The molecule has 0 aliphatic carbocycles. The van der Waals surface area contributed by atoms with Gasteiger partial charge in [-0.15, -0.1) is 11.3 Å². The first-order valence-corrected chi connectivity index (χ1v) is 11.6. The SMILES string of the molecule is CC1CN(C(=O)c2nc([C@H](C)Nc3ncnc4scnc34)cc3cccc(Cl)c23)CCO1. The van der Waals surface area contributed by atoms with Crippen LogP contribution in [0.5, 0.6) is 0 Å². The number of ether oxygens (including phenoxy) is 1. The summed E-state index contributed by atoms with van der Waals surface area (Å²) >= 11 is 7.97. The van der Waals surface area contributed by atoms with Crippen LogP contribution in [0.4, 0.5) is 5.82 Å². The van der Waals surface area contributed by atoms with Gasteiger partial charge < -0.3 is 15.0 Å². The van der Waals surface area contributed by atoms with E-state index in [0.29, 0.717) is 52.8 Å². The van der Waals surface area contributed by atoms with Crippen molar-refractivity contribution in [1.82, 2.24) is 24.8 Å². The van der Waals surface area contributed by atoms with Crippen LogP contribution in [-0.2, 0) is 4.74 Å². The first kappa shape index (κ1) is 21.0. The van der Waals surface area contributed by atoms with Crippen molar-refractivity contribution in [3.05, 3.63) is 52.5 Å². The quantitative estimate of drug-likeness (QED) is 0.476. The van der Waals surface area contributed by atoms with Gasteiger partial charge in [-0.2, -0.15) is 0 Å². The number of carbonyl (C=O) groups is 1. The molecule has 1 aromatic carbocycles. The van der Waals surface area contributed by atoms with E-state index in [1.54, 1.807) is 16.5 Å². The van der Waals surface area contributed by atoms with Gasteiger partial charge in [-0.05, 0) is 31.4 Å². The number of amides is 1. The minimum Gasteiger partial charge on any atom is -0.375 e. The minimum atomic E-state index is -0.228. The summed E-state index contributed by atoms with van der Waals surface area (Å²) in [6.07, 6.45) is 1.49. The van der Waals surface area contributed by atoms with Crippen molar-refractivity contribution in [3.63, 3.8) is 0 Å². The average molecular weight is 469 g/mol. The van der Waals surface area contributed by atoms with E-state index < -0.39 is 0 Å². The Labute approximate surface area is 193 Å². The molecule has 2 atom stereocenters. The van der Waals surface area contributed by atoms with E-state index in [0.717, 1.165) is 10.2 Å². The molecule has 8 nitrogen and oxygen atoms in total. The second kappa shape index (κ2) is 8.57. The third-order valence-corrected chi connectivity index (χ3v) is 6.54. The number of hydrogen-bond acceptors (Lipinski definition) is 8. The molecule has 1 aliphatic heterocycles. The zero-order valence-corrected chi connectivity index (χ0v) is 19.2. The summed E-state index contributed by atoms with van der Waals surface area (Å²) < 4.78 is 5.59. The highest BCUT2D eigenvalue weighted by atomic mass is 35.5. The van der Waals surface area contributed by atoms with E-state index in [2.05, 4.69) is 20.3 Å². The highest BCUT2D eigenvalue weighted by Crippen LogP contribution is 2.31. The molecule has 1 aliphatic rings. The molecule has 1 N–H and O–H groups in total. The zero-order valence-electron chi connectivity index (χ0n) is 17.6. The monoisotopic (exact) mass is 468 g/mol. The lowest BCUT2D eigenvalue weighted by atomic mass is 10.0. The molecular formula is C22H21ClN6O2S. The summed E-state index contributed by atoms with van der Waals surface area (Å²) in [5.41, 5.74) is 3.52. The molecule has 0 saturated carbocycles. The summed E-state index contributed by atoms with van der Waals surface area (Å²) in [7, 11) is 0. The number of benzene rings is 1. The van der Waals surface area contributed by atoms with Crippen LogP contribution in [0.2, 0.25) is 5.02 Å². The van der Waals surface area contributed by atoms with Crippen LogP contribution in [0.1, 0.15) is 36.1 Å². The third kappa shape index (κ3) is 3.87. The first-order valence-electron chi connectivity index (χ1n) is 10.3. The average Bonchev–Trinajstić information content (AvgIpc) is 3.28. The predicted octanol–water partition coefficient (Wildman–Crippen LogP) is 4.32. The maximum atomic E-state index is 13.5. The van der Waals surface area contributed by atoms with Crippen molar-refractivity contribution < 1.29 is 9.53 Å². The van der Waals surface area contributed by atoms with Gasteiger partial charge in [-0.25, -0.2) is 19.9 Å². The van der Waals surface area contributed by atoms with Gasteiger partial charge in [0.1, 0.15) is 22.4 Å². The predicted molar refractivity (Wildman–Crippen MR) is 125 cm³/mol. The van der Waals surface area contributed by atoms with Crippen molar-refractivity contribution in [3.8, 4) is 0 Å². The summed E-state index contributed by atoms with van der Waals surface area (Å²) in [5.74, 6) is 0.489. The number of nitrogens with zero attached hydrogens (tertiary/aromatic N) is 5. The molecule has 164 valence electrons. The fourth-order valence-corrected chi connectivity index (χ4v) is 4.79. The Morgan fingerprint density at radius 3 is 3.06 bits per heavy atom. The van der Waals surface area contributed by atoms with Crippen molar-refractivity contribution in [2.24, 2.45) is 0 Å². The molecule has 0 radical (unpaired) electrons. The normalized spacial score (nSPS) is 17.6. The lowest BCUT2D eigenvalue weighted by Gasteiger charge is -2.31. The molecule has 5 rings (SSSR count). The Morgan fingerprint density at radius 2 is 2.22 bits per heavy atom. The van der Waals surface area contributed by atoms with Crippen LogP contribution in [0, 0.1) is 0 Å². The number of hydrogen-bond donors (Lipinski definition) is 1. The second-order valence-corrected chi connectivity index (χ2v) is 9.00. The van der Waals surface area contributed by atoms with Gasteiger partial charge in [0.2, 0.25) is 0 Å². The Hall–Kier alpha value is -2.88. The molecule has 1 saturated heterocycles. The lowest BCUT2D eigenvalue weighted by Crippen LogP contribution is -2.44. The maximum Gasteiger partial charge on any atom is 0.273 e. The number of thiazole rings is 1. The van der Waals surface area contributed by atoms with Crippen LogP contribution >= 0.6 is 22.9 Å². The van der Waals surface area contributed by atoms with E-state index in [1.165, 1.54) is 17.7 Å². The van der Waals surface area contributed by atoms with Crippen molar-refractivity contribution in [2.45, 2.75) is 26.0 Å². The third-order valence-electron chi connectivity index (χ3n) is 5.49. The first-order chi connectivity index (χ1) is 15.5. The number of nitrogens with one attached hydrogen (secondary N) is 1. The number of rotatable bonds is 4. The number of halogens is 1. The van der Waals surface area contributed by atoms with Gasteiger partial charge in [0, 0.05) is 18.5 Å². The molecule has 1 amide bonds. The number of fused-ring (bicyclic) bond motifs is 2. The number of carbonyl (C=O) groups excluding carboxylic acids is 1. The van der Waals surface area contributed by atoms with E-state index in [-0.39, 0.29) is 18.1 Å². The standard InChI is InChI=1S/C22H21ClN6O2S/c1-12-9-29(6-7-31-12)22(30)18-17-14(4-3-5-15(17)23)8-16(28-18)13(2)27-20-19-21(25-10-24-20)32-11-26-19/h3-5,8,10-13H,6-7,9H2,1-2H3,(H,24,25,27)/t12?,13-/m0/s1. The molecule has 32 heavy (non-hydrogen) atoms. The molecule has 0 spiro atoms. The van der Waals surface area contributed by atoms with Crippen molar-refractivity contribution in [1.29, 1.82) is 0 Å². The Balaban J connectivity index is 1.55. The molecule has 1 unspecified atom stereocenters. The highest BCUT2D eigenvalue weighted by molar-refractivity contribution is 7.16. The molecule has 0 bridgehead atoms. The maximum absolute atomic E-state index is 13.5. The zero-order chi connectivity index (χ0) is 22.2. The minimum absolute atomic E-state index is 0.0171. The van der Waals surface area contributed by atoms with E-state index in [1.807, 2.05) is 32.0 Å². The molecular weight excluding hydrogens is 448 g/mol. The Bertz CT molecular complexity index is 1310. The van der Waals surface area contributed by atoms with E-state index in [9.17, 15) is 4.79 Å². The largest absolute Gasteiger partial charge is 0.375 e. The van der Waals surface area contributed by atoms with E-state index in [4.69, 9.17) is 21.3 Å². The van der Waals surface area contributed by atoms with Crippen LogP contribution in [0.3, 0.4) is 0 Å². The summed E-state index contributed by atoms with van der Waals surface area (Å²) in [5, 5.41) is 5.41. The Kier molecular flexibility index (Phi) is 5.62. The molecule has 3 aromatic heterocycles. The smallest absolute Gasteiger partial charge is 0.273 e. The number of anilines is 1. The second-order valence-electron chi connectivity index (χ2n) is 7.76. The van der Waals surface area contributed by atoms with Gasteiger partial charge in [-0.3, -0.25) is 4.79 Å². The fourth-order valence-electron chi connectivity index (χ4n) is 3.90. The van der Waals surface area contributed by atoms with Gasteiger partial charge >= 0.3 is 0 Å². The van der Waals surface area contributed by atoms with Crippen LogP contribution in [0.15, 0.2) is 36.1 Å². The van der Waals surface area contributed by atoms with Crippen LogP contribution in [-0.4, -0.2) is 56.5 Å². The molecule has 4 heterocycles. The van der Waals surface area contributed by atoms with Crippen molar-refractivity contribution >= 4 is 55.8 Å². The summed E-state index contributed by atoms with van der Waals surface area (Å²) in [6.45, 7) is 5.49. The van der Waals surface area contributed by atoms with Gasteiger partial charge in [-0.1, -0.05) is 23.7 Å². The highest BCUT2D eigenvalue weighted by Gasteiger charge is 2.27. The molecule has 10 heteroatoms. The van der Waals surface area contributed by atoms with Crippen LogP contribution in [0.25, 0.3) is 21.1 Å². The summed E-state index contributed by atoms with van der Waals surface area (Å²) in [4.78, 5) is 33.8. The number of aromatic nitrogens is 4. The number of pyridine rings is 1. The summed E-state index contributed by atoms with van der Waals surface area (Å²) in [6, 6.07) is 7.33. The van der Waals surface area contributed by atoms with Gasteiger partial charge in [0.25, 0.3) is 5.91 Å².